The molecule has 0 aliphatic carbocycles. The molecule has 1 atom stereocenters. The molecule has 0 saturated carbocycles. The second-order valence-electron chi connectivity index (χ2n) is 3.84. The topological polar surface area (TPSA) is 46.9 Å². The van der Waals surface area contributed by atoms with Gasteiger partial charge in [0.1, 0.15) is 5.69 Å². The summed E-state index contributed by atoms with van der Waals surface area (Å²) < 4.78 is 1.61. The van der Waals surface area contributed by atoms with Gasteiger partial charge in [-0.2, -0.15) is 5.10 Å². The lowest BCUT2D eigenvalue weighted by molar-refractivity contribution is 0.0947. The predicted octanol–water partition coefficient (Wildman–Crippen LogP) is 1.57. The number of alkyl halides is 1. The fraction of sp³-hybridized carbons (Fsp3) is 0.600. The standard InChI is InChI=1S/C10H16BrN3O/c1-7(2)8(11)6-12-10(15)9-4-5-14(3)13-9/h4-5,7-8H,6H2,1-3H3,(H,12,15). The summed E-state index contributed by atoms with van der Waals surface area (Å²) in [7, 11) is 1.79. The zero-order valence-corrected chi connectivity index (χ0v) is 10.8. The van der Waals surface area contributed by atoms with Crippen molar-refractivity contribution in [3.63, 3.8) is 0 Å². The molecule has 1 aromatic rings. The Hall–Kier alpha value is -0.840. The molecule has 0 aliphatic rings. The number of hydrogen-bond donors (Lipinski definition) is 1. The van der Waals surface area contributed by atoms with Crippen molar-refractivity contribution in [2.45, 2.75) is 18.7 Å². The Morgan fingerprint density at radius 2 is 2.33 bits per heavy atom. The number of hydrogen-bond acceptors (Lipinski definition) is 2. The van der Waals surface area contributed by atoms with Gasteiger partial charge in [-0.1, -0.05) is 29.8 Å². The quantitative estimate of drug-likeness (QED) is 0.847. The van der Waals surface area contributed by atoms with Crippen molar-refractivity contribution in [3.8, 4) is 0 Å². The molecule has 0 bridgehead atoms. The minimum Gasteiger partial charge on any atom is -0.350 e. The zero-order chi connectivity index (χ0) is 11.4. The van der Waals surface area contributed by atoms with Gasteiger partial charge in [0.15, 0.2) is 0 Å². The first-order valence-corrected chi connectivity index (χ1v) is 5.84. The van der Waals surface area contributed by atoms with Gasteiger partial charge in [-0.25, -0.2) is 0 Å². The Morgan fingerprint density at radius 3 is 2.80 bits per heavy atom. The summed E-state index contributed by atoms with van der Waals surface area (Å²) in [5.74, 6) is 0.370. The van der Waals surface area contributed by atoms with Crippen LogP contribution in [0.1, 0.15) is 24.3 Å². The molecule has 1 aromatic heterocycles. The highest BCUT2D eigenvalue weighted by Gasteiger charge is 2.12. The molecule has 4 nitrogen and oxygen atoms in total. The third kappa shape index (κ3) is 3.66. The average molecular weight is 274 g/mol. The first kappa shape index (κ1) is 12.2. The molecule has 0 aliphatic heterocycles. The molecular formula is C10H16BrN3O. The number of carbonyl (C=O) groups is 1. The normalized spacial score (nSPS) is 12.9. The van der Waals surface area contributed by atoms with E-state index in [1.807, 2.05) is 0 Å². The van der Waals surface area contributed by atoms with Crippen molar-refractivity contribution >= 4 is 21.8 Å². The van der Waals surface area contributed by atoms with Crippen LogP contribution in [0.25, 0.3) is 0 Å². The second kappa shape index (κ2) is 5.30. The van der Waals surface area contributed by atoms with Crippen molar-refractivity contribution in [1.29, 1.82) is 0 Å². The van der Waals surface area contributed by atoms with Crippen molar-refractivity contribution in [2.75, 3.05) is 6.54 Å². The lowest BCUT2D eigenvalue weighted by Crippen LogP contribution is -2.32. The van der Waals surface area contributed by atoms with Crippen LogP contribution in [0, 0.1) is 5.92 Å². The van der Waals surface area contributed by atoms with Crippen molar-refractivity contribution < 1.29 is 4.79 Å². The Bertz CT molecular complexity index is 335. The van der Waals surface area contributed by atoms with Gasteiger partial charge in [-0.15, -0.1) is 0 Å². The van der Waals surface area contributed by atoms with E-state index in [0.717, 1.165) is 0 Å². The second-order valence-corrected chi connectivity index (χ2v) is 5.02. The minimum atomic E-state index is -0.124. The van der Waals surface area contributed by atoms with E-state index in [0.29, 0.717) is 23.0 Å². The largest absolute Gasteiger partial charge is 0.350 e. The number of rotatable bonds is 4. The van der Waals surface area contributed by atoms with Gasteiger partial charge in [0.05, 0.1) is 0 Å². The molecule has 84 valence electrons. The molecule has 0 spiro atoms. The van der Waals surface area contributed by atoms with Gasteiger partial charge >= 0.3 is 0 Å². The molecule has 1 unspecified atom stereocenters. The lowest BCUT2D eigenvalue weighted by Gasteiger charge is -2.13. The van der Waals surface area contributed by atoms with Crippen LogP contribution in [0.15, 0.2) is 12.3 Å². The van der Waals surface area contributed by atoms with Gasteiger partial charge in [0, 0.05) is 24.6 Å². The maximum absolute atomic E-state index is 11.6. The van der Waals surface area contributed by atoms with Crippen molar-refractivity contribution in [1.82, 2.24) is 15.1 Å². The zero-order valence-electron chi connectivity index (χ0n) is 9.20. The Morgan fingerprint density at radius 1 is 1.67 bits per heavy atom. The van der Waals surface area contributed by atoms with Gasteiger partial charge in [0.2, 0.25) is 0 Å². The van der Waals surface area contributed by atoms with E-state index < -0.39 is 0 Å². The number of aromatic nitrogens is 2. The van der Waals surface area contributed by atoms with Crippen LogP contribution >= 0.6 is 15.9 Å². The summed E-state index contributed by atoms with van der Waals surface area (Å²) in [5, 5.41) is 6.85. The molecule has 1 rings (SSSR count). The van der Waals surface area contributed by atoms with E-state index in [4.69, 9.17) is 0 Å². The summed E-state index contributed by atoms with van der Waals surface area (Å²) in [5.41, 5.74) is 0.459. The molecule has 5 heteroatoms. The highest BCUT2D eigenvalue weighted by Crippen LogP contribution is 2.10. The average Bonchev–Trinajstić information content (AvgIpc) is 2.60. The highest BCUT2D eigenvalue weighted by molar-refractivity contribution is 9.09. The molecule has 0 saturated heterocycles. The predicted molar refractivity (Wildman–Crippen MR) is 63.1 cm³/mol. The first-order valence-electron chi connectivity index (χ1n) is 4.92. The van der Waals surface area contributed by atoms with Gasteiger partial charge < -0.3 is 5.32 Å². The van der Waals surface area contributed by atoms with E-state index in [9.17, 15) is 4.79 Å². The maximum atomic E-state index is 11.6. The Kier molecular flexibility index (Phi) is 4.32. The van der Waals surface area contributed by atoms with E-state index in [1.54, 1.807) is 24.0 Å². The van der Waals surface area contributed by atoms with E-state index in [-0.39, 0.29) is 5.91 Å². The van der Waals surface area contributed by atoms with Crippen LogP contribution in [-0.4, -0.2) is 27.1 Å². The van der Waals surface area contributed by atoms with Crippen molar-refractivity contribution in [3.05, 3.63) is 18.0 Å². The smallest absolute Gasteiger partial charge is 0.271 e. The number of amides is 1. The summed E-state index contributed by atoms with van der Waals surface area (Å²) in [6.07, 6.45) is 1.75. The van der Waals surface area contributed by atoms with Crippen LogP contribution in [0.4, 0.5) is 0 Å². The molecule has 1 N–H and O–H groups in total. The van der Waals surface area contributed by atoms with E-state index >= 15 is 0 Å². The van der Waals surface area contributed by atoms with Crippen LogP contribution in [0.5, 0.6) is 0 Å². The Balaban J connectivity index is 2.43. The number of carbonyl (C=O) groups excluding carboxylic acids is 1. The minimum absolute atomic E-state index is 0.124. The first-order chi connectivity index (χ1) is 7.00. The van der Waals surface area contributed by atoms with Gasteiger partial charge in [0.25, 0.3) is 5.91 Å². The van der Waals surface area contributed by atoms with Crippen LogP contribution in [0.3, 0.4) is 0 Å². The highest BCUT2D eigenvalue weighted by atomic mass is 79.9. The SMILES string of the molecule is CC(C)C(Br)CNC(=O)c1ccn(C)n1. The summed E-state index contributed by atoms with van der Waals surface area (Å²) in [6.45, 7) is 4.83. The summed E-state index contributed by atoms with van der Waals surface area (Å²) in [6, 6.07) is 1.70. The summed E-state index contributed by atoms with van der Waals surface area (Å²) >= 11 is 3.51. The lowest BCUT2D eigenvalue weighted by atomic mass is 10.1. The fourth-order valence-corrected chi connectivity index (χ4v) is 1.21. The van der Waals surface area contributed by atoms with Gasteiger partial charge in [-0.05, 0) is 12.0 Å². The maximum Gasteiger partial charge on any atom is 0.271 e. The number of aryl methyl sites for hydroxylation is 1. The molecule has 15 heavy (non-hydrogen) atoms. The molecule has 1 heterocycles. The molecule has 0 radical (unpaired) electrons. The van der Waals surface area contributed by atoms with E-state index in [2.05, 4.69) is 40.2 Å². The summed E-state index contributed by atoms with van der Waals surface area (Å²) in [4.78, 5) is 11.9. The van der Waals surface area contributed by atoms with E-state index in [1.165, 1.54) is 0 Å². The number of halogens is 1. The van der Waals surface area contributed by atoms with Gasteiger partial charge in [-0.3, -0.25) is 9.48 Å². The molecule has 0 fully saturated rings. The van der Waals surface area contributed by atoms with Crippen molar-refractivity contribution in [2.24, 2.45) is 13.0 Å². The van der Waals surface area contributed by atoms with Crippen LogP contribution < -0.4 is 5.32 Å². The molecule has 0 aromatic carbocycles. The number of nitrogens with zero attached hydrogens (tertiary/aromatic N) is 2. The molecular weight excluding hydrogens is 258 g/mol. The van der Waals surface area contributed by atoms with Crippen LogP contribution in [-0.2, 0) is 7.05 Å². The Labute approximate surface area is 98.2 Å². The van der Waals surface area contributed by atoms with Crippen LogP contribution in [0.2, 0.25) is 0 Å². The monoisotopic (exact) mass is 273 g/mol. The number of nitrogens with one attached hydrogen (secondary N) is 1. The fourth-order valence-electron chi connectivity index (χ4n) is 1.05. The third-order valence-electron chi connectivity index (χ3n) is 2.13. The molecule has 1 amide bonds. The third-order valence-corrected chi connectivity index (χ3v) is 3.51.